The number of hydrogen-bond donors (Lipinski definition) is 2. The molecule has 0 radical (unpaired) electrons. The number of carboxylic acid groups (broad SMARTS) is 1. The van der Waals surface area contributed by atoms with Crippen molar-refractivity contribution in [1.29, 1.82) is 0 Å². The molecule has 0 aromatic heterocycles. The Morgan fingerprint density at radius 3 is 3.08 bits per heavy atom. The molecular formula is C8H6FNO3. The maximum Gasteiger partial charge on any atom is 0.338 e. The second-order valence-corrected chi connectivity index (χ2v) is 2.60. The molecule has 1 aliphatic heterocycles. The molecule has 5 heteroatoms. The van der Waals surface area contributed by atoms with E-state index in [1.165, 1.54) is 6.07 Å². The van der Waals surface area contributed by atoms with Crippen LogP contribution in [0.1, 0.15) is 10.4 Å². The smallest absolute Gasteiger partial charge is 0.338 e. The molecule has 1 aromatic carbocycles. The van der Waals surface area contributed by atoms with Gasteiger partial charge in [0.25, 0.3) is 0 Å². The number of hydrogen-bond acceptors (Lipinski definition) is 3. The van der Waals surface area contributed by atoms with Gasteiger partial charge in [-0.05, 0) is 6.07 Å². The molecule has 0 spiro atoms. The molecule has 0 fully saturated rings. The van der Waals surface area contributed by atoms with Gasteiger partial charge in [0.2, 0.25) is 0 Å². The van der Waals surface area contributed by atoms with Gasteiger partial charge in [-0.2, -0.15) is 0 Å². The fourth-order valence-corrected chi connectivity index (χ4v) is 1.17. The summed E-state index contributed by atoms with van der Waals surface area (Å²) < 4.78 is 18.0. The van der Waals surface area contributed by atoms with E-state index in [2.05, 4.69) is 5.32 Å². The van der Waals surface area contributed by atoms with Crippen molar-refractivity contribution in [2.45, 2.75) is 0 Å². The summed E-state index contributed by atoms with van der Waals surface area (Å²) >= 11 is 0. The van der Waals surface area contributed by atoms with Crippen molar-refractivity contribution in [2.24, 2.45) is 0 Å². The number of carbonyl (C=O) groups is 1. The third kappa shape index (κ3) is 1.18. The van der Waals surface area contributed by atoms with Crippen LogP contribution in [0.2, 0.25) is 0 Å². The number of benzene rings is 1. The second kappa shape index (κ2) is 2.62. The first-order chi connectivity index (χ1) is 6.18. The molecular weight excluding hydrogens is 177 g/mol. The number of anilines is 1. The van der Waals surface area contributed by atoms with Crippen LogP contribution in [0.4, 0.5) is 10.1 Å². The van der Waals surface area contributed by atoms with E-state index in [1.807, 2.05) is 0 Å². The monoisotopic (exact) mass is 183 g/mol. The SMILES string of the molecule is O=C(O)c1cc2c(cc1F)OCN2. The Morgan fingerprint density at radius 1 is 1.62 bits per heavy atom. The standard InChI is InChI=1S/C8H6FNO3/c9-5-2-7-6(10-3-13-7)1-4(5)8(11)12/h1-2,10H,3H2,(H,11,12). The summed E-state index contributed by atoms with van der Waals surface area (Å²) in [6, 6.07) is 2.29. The molecule has 68 valence electrons. The Morgan fingerprint density at radius 2 is 2.38 bits per heavy atom. The van der Waals surface area contributed by atoms with Crippen LogP contribution in [-0.2, 0) is 0 Å². The number of halogens is 1. The van der Waals surface area contributed by atoms with Crippen LogP contribution in [-0.4, -0.2) is 17.8 Å². The Labute approximate surface area is 72.9 Å². The summed E-state index contributed by atoms with van der Waals surface area (Å²) in [5.74, 6) is -1.72. The molecule has 0 atom stereocenters. The van der Waals surface area contributed by atoms with Gasteiger partial charge in [-0.15, -0.1) is 0 Å². The Hall–Kier alpha value is -1.78. The van der Waals surface area contributed by atoms with Crippen LogP contribution >= 0.6 is 0 Å². The topological polar surface area (TPSA) is 58.6 Å². The number of aromatic carboxylic acids is 1. The van der Waals surface area contributed by atoms with E-state index in [-0.39, 0.29) is 12.3 Å². The van der Waals surface area contributed by atoms with E-state index >= 15 is 0 Å². The van der Waals surface area contributed by atoms with E-state index in [1.54, 1.807) is 0 Å². The molecule has 0 unspecified atom stereocenters. The van der Waals surface area contributed by atoms with Crippen LogP contribution in [0, 0.1) is 5.82 Å². The predicted octanol–water partition coefficient (Wildman–Crippen LogP) is 1.29. The van der Waals surface area contributed by atoms with Crippen LogP contribution in [0.15, 0.2) is 12.1 Å². The quantitative estimate of drug-likeness (QED) is 0.688. The fraction of sp³-hybridized carbons (Fsp3) is 0.125. The normalized spacial score (nSPS) is 13.0. The van der Waals surface area contributed by atoms with Crippen molar-refractivity contribution in [3.8, 4) is 5.75 Å². The third-order valence-electron chi connectivity index (χ3n) is 1.79. The highest BCUT2D eigenvalue weighted by molar-refractivity contribution is 5.90. The van der Waals surface area contributed by atoms with Crippen LogP contribution in [0.5, 0.6) is 5.75 Å². The summed E-state index contributed by atoms with van der Waals surface area (Å²) in [6.07, 6.45) is 0. The minimum Gasteiger partial charge on any atom is -0.478 e. The maximum atomic E-state index is 13.0. The average Bonchev–Trinajstić information content (AvgIpc) is 2.48. The molecule has 0 saturated carbocycles. The molecule has 0 aliphatic carbocycles. The van der Waals surface area contributed by atoms with Gasteiger partial charge < -0.3 is 15.2 Å². The van der Waals surface area contributed by atoms with Gasteiger partial charge >= 0.3 is 5.97 Å². The van der Waals surface area contributed by atoms with Crippen LogP contribution in [0.25, 0.3) is 0 Å². The first kappa shape index (κ1) is 7.85. The zero-order valence-corrected chi connectivity index (χ0v) is 6.50. The minimum absolute atomic E-state index is 0.248. The zero-order valence-electron chi connectivity index (χ0n) is 6.50. The summed E-state index contributed by atoms with van der Waals surface area (Å²) in [6.45, 7) is 0.248. The third-order valence-corrected chi connectivity index (χ3v) is 1.79. The lowest BCUT2D eigenvalue weighted by Crippen LogP contribution is -2.00. The van der Waals surface area contributed by atoms with Crippen LogP contribution < -0.4 is 10.1 Å². The Bertz CT molecular complexity index is 378. The zero-order chi connectivity index (χ0) is 9.42. The van der Waals surface area contributed by atoms with Crippen LogP contribution in [0.3, 0.4) is 0 Å². The molecule has 1 aliphatic rings. The van der Waals surface area contributed by atoms with E-state index in [0.29, 0.717) is 11.4 Å². The molecule has 13 heavy (non-hydrogen) atoms. The lowest BCUT2D eigenvalue weighted by atomic mass is 10.2. The molecule has 0 bridgehead atoms. The number of rotatable bonds is 1. The van der Waals surface area contributed by atoms with E-state index in [4.69, 9.17) is 9.84 Å². The van der Waals surface area contributed by atoms with Crippen molar-refractivity contribution in [3.05, 3.63) is 23.5 Å². The van der Waals surface area contributed by atoms with E-state index in [0.717, 1.165) is 6.07 Å². The number of nitrogens with one attached hydrogen (secondary N) is 1. The summed E-state index contributed by atoms with van der Waals surface area (Å²) in [5.41, 5.74) is 0.163. The minimum atomic E-state index is -1.28. The first-order valence-corrected chi connectivity index (χ1v) is 3.62. The lowest BCUT2D eigenvalue weighted by Gasteiger charge is -2.00. The molecule has 2 N–H and O–H groups in total. The lowest BCUT2D eigenvalue weighted by molar-refractivity contribution is 0.0692. The summed E-state index contributed by atoms with van der Waals surface area (Å²) in [7, 11) is 0. The summed E-state index contributed by atoms with van der Waals surface area (Å²) in [4.78, 5) is 10.5. The highest BCUT2D eigenvalue weighted by Gasteiger charge is 2.18. The molecule has 2 rings (SSSR count). The Kier molecular flexibility index (Phi) is 1.58. The number of ether oxygens (including phenoxy) is 1. The Balaban J connectivity index is 2.55. The second-order valence-electron chi connectivity index (χ2n) is 2.60. The van der Waals surface area contributed by atoms with Crippen molar-refractivity contribution in [1.82, 2.24) is 0 Å². The maximum absolute atomic E-state index is 13.0. The van der Waals surface area contributed by atoms with Gasteiger partial charge in [0.15, 0.2) is 6.73 Å². The van der Waals surface area contributed by atoms with Gasteiger partial charge in [0.1, 0.15) is 11.6 Å². The highest BCUT2D eigenvalue weighted by atomic mass is 19.1. The fourth-order valence-electron chi connectivity index (χ4n) is 1.17. The number of fused-ring (bicyclic) bond motifs is 1. The summed E-state index contributed by atoms with van der Waals surface area (Å²) in [5, 5.41) is 11.4. The molecule has 0 saturated heterocycles. The van der Waals surface area contributed by atoms with Crippen molar-refractivity contribution >= 4 is 11.7 Å². The average molecular weight is 183 g/mol. The van der Waals surface area contributed by atoms with Gasteiger partial charge in [0, 0.05) is 6.07 Å². The first-order valence-electron chi connectivity index (χ1n) is 3.62. The largest absolute Gasteiger partial charge is 0.478 e. The van der Waals surface area contributed by atoms with Crippen molar-refractivity contribution < 1.29 is 19.0 Å². The molecule has 4 nitrogen and oxygen atoms in total. The van der Waals surface area contributed by atoms with Crippen molar-refractivity contribution in [3.63, 3.8) is 0 Å². The molecule has 1 aromatic rings. The molecule has 1 heterocycles. The van der Waals surface area contributed by atoms with E-state index < -0.39 is 11.8 Å². The van der Waals surface area contributed by atoms with Gasteiger partial charge in [0.05, 0.1) is 11.3 Å². The van der Waals surface area contributed by atoms with Gasteiger partial charge in [-0.3, -0.25) is 0 Å². The number of carboxylic acids is 1. The van der Waals surface area contributed by atoms with Crippen molar-refractivity contribution in [2.75, 3.05) is 12.0 Å². The van der Waals surface area contributed by atoms with Gasteiger partial charge in [-0.1, -0.05) is 0 Å². The predicted molar refractivity (Wildman–Crippen MR) is 42.5 cm³/mol. The van der Waals surface area contributed by atoms with Gasteiger partial charge in [-0.25, -0.2) is 9.18 Å². The molecule has 0 amide bonds. The van der Waals surface area contributed by atoms with E-state index in [9.17, 15) is 9.18 Å². The highest BCUT2D eigenvalue weighted by Crippen LogP contribution is 2.31.